The lowest BCUT2D eigenvalue weighted by Gasteiger charge is -2.14. The molecule has 0 radical (unpaired) electrons. The molecule has 0 bridgehead atoms. The summed E-state index contributed by atoms with van der Waals surface area (Å²) in [6.45, 7) is 2.94. The summed E-state index contributed by atoms with van der Waals surface area (Å²) in [4.78, 5) is 0. The van der Waals surface area contributed by atoms with Crippen molar-refractivity contribution in [1.29, 1.82) is 0 Å². The third kappa shape index (κ3) is 4.22. The molecule has 84 valence electrons. The Morgan fingerprint density at radius 2 is 2.13 bits per heavy atom. The van der Waals surface area contributed by atoms with Crippen LogP contribution in [0.25, 0.3) is 0 Å². The maximum absolute atomic E-state index is 13.4. The minimum absolute atomic E-state index is 0.0908. The molecule has 1 N–H and O–H groups in total. The van der Waals surface area contributed by atoms with E-state index >= 15 is 0 Å². The van der Waals surface area contributed by atoms with Crippen LogP contribution in [0.3, 0.4) is 0 Å². The number of benzene rings is 1. The number of thioether (sulfide) groups is 1. The van der Waals surface area contributed by atoms with E-state index in [-0.39, 0.29) is 11.9 Å². The van der Waals surface area contributed by atoms with Crippen LogP contribution in [0.5, 0.6) is 0 Å². The van der Waals surface area contributed by atoms with Gasteiger partial charge in [-0.1, -0.05) is 18.2 Å². The smallest absolute Gasteiger partial charge is 0.127 e. The first-order valence-corrected chi connectivity index (χ1v) is 6.62. The van der Waals surface area contributed by atoms with Gasteiger partial charge in [-0.05, 0) is 38.0 Å². The zero-order chi connectivity index (χ0) is 11.1. The van der Waals surface area contributed by atoms with Crippen molar-refractivity contribution < 1.29 is 4.39 Å². The van der Waals surface area contributed by atoms with Crippen LogP contribution in [-0.2, 0) is 0 Å². The van der Waals surface area contributed by atoms with Crippen LogP contribution in [-0.4, -0.2) is 18.6 Å². The van der Waals surface area contributed by atoms with Crippen molar-refractivity contribution in [2.75, 3.05) is 18.6 Å². The van der Waals surface area contributed by atoms with E-state index in [1.54, 1.807) is 6.07 Å². The Bertz CT molecular complexity index is 291. The molecule has 0 heterocycles. The van der Waals surface area contributed by atoms with E-state index in [1.165, 1.54) is 6.07 Å². The van der Waals surface area contributed by atoms with Gasteiger partial charge in [-0.3, -0.25) is 0 Å². The van der Waals surface area contributed by atoms with Gasteiger partial charge in [0.05, 0.1) is 0 Å². The third-order valence-electron chi connectivity index (χ3n) is 2.35. The van der Waals surface area contributed by atoms with Gasteiger partial charge in [0.2, 0.25) is 0 Å². The van der Waals surface area contributed by atoms with Gasteiger partial charge in [0.25, 0.3) is 0 Å². The van der Waals surface area contributed by atoms with Crippen LogP contribution >= 0.6 is 11.8 Å². The Kier molecular flexibility index (Phi) is 5.73. The molecule has 0 aromatic heterocycles. The molecule has 0 saturated heterocycles. The molecular formula is C12H18FNS. The molecule has 1 aromatic carbocycles. The van der Waals surface area contributed by atoms with Gasteiger partial charge in [0.1, 0.15) is 5.82 Å². The average molecular weight is 227 g/mol. The predicted octanol–water partition coefficient (Wildman–Crippen LogP) is 3.23. The molecule has 0 saturated carbocycles. The molecule has 1 unspecified atom stereocenters. The summed E-state index contributed by atoms with van der Waals surface area (Å²) in [5.41, 5.74) is 0.752. The number of hydrogen-bond donors (Lipinski definition) is 1. The monoisotopic (exact) mass is 227 g/mol. The number of hydrogen-bond acceptors (Lipinski definition) is 2. The Balaban J connectivity index is 2.40. The summed E-state index contributed by atoms with van der Waals surface area (Å²) >= 11 is 1.84. The molecular weight excluding hydrogens is 209 g/mol. The first-order valence-electron chi connectivity index (χ1n) is 5.22. The molecule has 0 amide bonds. The first kappa shape index (κ1) is 12.5. The summed E-state index contributed by atoms with van der Waals surface area (Å²) in [7, 11) is 0. The van der Waals surface area contributed by atoms with E-state index in [2.05, 4.69) is 11.6 Å². The van der Waals surface area contributed by atoms with Crippen molar-refractivity contribution in [3.8, 4) is 0 Å². The van der Waals surface area contributed by atoms with Crippen molar-refractivity contribution in [3.05, 3.63) is 35.6 Å². The highest BCUT2D eigenvalue weighted by atomic mass is 32.2. The summed E-state index contributed by atoms with van der Waals surface area (Å²) in [6.07, 6.45) is 3.22. The molecule has 1 atom stereocenters. The van der Waals surface area contributed by atoms with Crippen LogP contribution in [0.4, 0.5) is 4.39 Å². The molecule has 0 aliphatic carbocycles. The third-order valence-corrected chi connectivity index (χ3v) is 3.04. The van der Waals surface area contributed by atoms with E-state index in [0.29, 0.717) is 0 Å². The average Bonchev–Trinajstić information content (AvgIpc) is 2.25. The number of halogens is 1. The summed E-state index contributed by atoms with van der Waals surface area (Å²) in [5.74, 6) is 1.03. The standard InChI is InChI=1S/C12H18FNS/c1-10(14-8-5-9-15-2)11-6-3-4-7-12(11)13/h3-4,6-7,10,14H,5,8-9H2,1-2H3. The fourth-order valence-electron chi connectivity index (χ4n) is 1.47. The van der Waals surface area contributed by atoms with Gasteiger partial charge >= 0.3 is 0 Å². The Morgan fingerprint density at radius 1 is 1.40 bits per heavy atom. The highest BCUT2D eigenvalue weighted by Gasteiger charge is 2.08. The molecule has 3 heteroatoms. The number of rotatable bonds is 6. The Hall–Kier alpha value is -0.540. The first-order chi connectivity index (χ1) is 7.25. The second-order valence-electron chi connectivity index (χ2n) is 3.54. The maximum Gasteiger partial charge on any atom is 0.127 e. The van der Waals surface area contributed by atoms with Crippen molar-refractivity contribution in [2.45, 2.75) is 19.4 Å². The Morgan fingerprint density at radius 3 is 2.80 bits per heavy atom. The molecule has 0 spiro atoms. The minimum atomic E-state index is -0.123. The predicted molar refractivity (Wildman–Crippen MR) is 65.8 cm³/mol. The van der Waals surface area contributed by atoms with Gasteiger partial charge in [-0.25, -0.2) is 4.39 Å². The molecule has 0 aliphatic heterocycles. The van der Waals surface area contributed by atoms with Crippen molar-refractivity contribution in [1.82, 2.24) is 5.32 Å². The summed E-state index contributed by atoms with van der Waals surface area (Å²) in [5, 5.41) is 3.32. The van der Waals surface area contributed by atoms with Crippen LogP contribution in [0.1, 0.15) is 24.9 Å². The zero-order valence-corrected chi connectivity index (χ0v) is 10.1. The van der Waals surface area contributed by atoms with E-state index in [4.69, 9.17) is 0 Å². The van der Waals surface area contributed by atoms with Crippen molar-refractivity contribution in [2.24, 2.45) is 0 Å². The summed E-state index contributed by atoms with van der Waals surface area (Å²) in [6, 6.07) is 7.03. The molecule has 1 aromatic rings. The second kappa shape index (κ2) is 6.85. The second-order valence-corrected chi connectivity index (χ2v) is 4.53. The normalized spacial score (nSPS) is 12.7. The van der Waals surface area contributed by atoms with Crippen LogP contribution in [0.15, 0.2) is 24.3 Å². The van der Waals surface area contributed by atoms with Crippen molar-refractivity contribution in [3.63, 3.8) is 0 Å². The van der Waals surface area contributed by atoms with E-state index in [0.717, 1.165) is 24.3 Å². The summed E-state index contributed by atoms with van der Waals surface area (Å²) < 4.78 is 13.4. The lowest BCUT2D eigenvalue weighted by molar-refractivity contribution is 0.528. The lowest BCUT2D eigenvalue weighted by atomic mass is 10.1. The molecule has 1 rings (SSSR count). The number of nitrogens with one attached hydrogen (secondary N) is 1. The van der Waals surface area contributed by atoms with Gasteiger partial charge < -0.3 is 5.32 Å². The van der Waals surface area contributed by atoms with E-state index < -0.39 is 0 Å². The highest BCUT2D eigenvalue weighted by molar-refractivity contribution is 7.98. The van der Waals surface area contributed by atoms with Gasteiger partial charge in [-0.15, -0.1) is 0 Å². The molecule has 0 aliphatic rings. The van der Waals surface area contributed by atoms with Gasteiger partial charge in [-0.2, -0.15) is 11.8 Å². The fourth-order valence-corrected chi connectivity index (χ4v) is 1.90. The molecule has 0 fully saturated rings. The zero-order valence-electron chi connectivity index (χ0n) is 9.29. The van der Waals surface area contributed by atoms with E-state index in [1.807, 2.05) is 30.8 Å². The van der Waals surface area contributed by atoms with E-state index in [9.17, 15) is 4.39 Å². The largest absolute Gasteiger partial charge is 0.310 e. The van der Waals surface area contributed by atoms with Gasteiger partial charge in [0.15, 0.2) is 0 Å². The van der Waals surface area contributed by atoms with Crippen LogP contribution in [0, 0.1) is 5.82 Å². The quantitative estimate of drug-likeness (QED) is 0.749. The van der Waals surface area contributed by atoms with Crippen molar-refractivity contribution >= 4 is 11.8 Å². The minimum Gasteiger partial charge on any atom is -0.310 e. The molecule has 15 heavy (non-hydrogen) atoms. The maximum atomic E-state index is 13.4. The fraction of sp³-hybridized carbons (Fsp3) is 0.500. The molecule has 1 nitrogen and oxygen atoms in total. The van der Waals surface area contributed by atoms with Crippen LogP contribution < -0.4 is 5.32 Å². The van der Waals surface area contributed by atoms with Crippen LogP contribution in [0.2, 0.25) is 0 Å². The lowest BCUT2D eigenvalue weighted by Crippen LogP contribution is -2.21. The highest BCUT2D eigenvalue weighted by Crippen LogP contribution is 2.15. The Labute approximate surface area is 95.5 Å². The van der Waals surface area contributed by atoms with Gasteiger partial charge in [0, 0.05) is 11.6 Å². The topological polar surface area (TPSA) is 12.0 Å². The SMILES string of the molecule is CSCCCNC(C)c1ccccc1F.